The number of rotatable bonds is 30. The molecule has 2 aliphatic rings. The summed E-state index contributed by atoms with van der Waals surface area (Å²) in [7, 11) is 0. The van der Waals surface area contributed by atoms with E-state index in [1.54, 1.807) is 22.2 Å². The molecular formula is C43H70N18O8. The van der Waals surface area contributed by atoms with E-state index in [-0.39, 0.29) is 49.6 Å². The van der Waals surface area contributed by atoms with Crippen LogP contribution in [0, 0.1) is 18.3 Å². The van der Waals surface area contributed by atoms with Gasteiger partial charge in [0, 0.05) is 71.7 Å². The number of carbonyl (C=O) groups excluding carboxylic acids is 3. The molecule has 10 N–H and O–H groups in total. The average Bonchev–Trinajstić information content (AvgIpc) is 4.05. The molecule has 3 amide bonds. The Morgan fingerprint density at radius 2 is 1.32 bits per heavy atom. The summed E-state index contributed by atoms with van der Waals surface area (Å²) in [6, 6.07) is -2.68. The lowest BCUT2D eigenvalue weighted by Crippen LogP contribution is -2.52. The van der Waals surface area contributed by atoms with Crippen LogP contribution in [-0.2, 0) is 33.4 Å². The summed E-state index contributed by atoms with van der Waals surface area (Å²) >= 11 is 0. The number of carbonyl (C=O) groups is 4. The summed E-state index contributed by atoms with van der Waals surface area (Å²) in [6.07, 6.45) is 10.8. The van der Waals surface area contributed by atoms with Crippen LogP contribution < -0.4 is 38.1 Å². The number of hydrogen-bond donors (Lipinski definition) is 6. The molecule has 380 valence electrons. The third-order valence-electron chi connectivity index (χ3n) is 12.0. The molecule has 26 heteroatoms. The first-order valence-electron chi connectivity index (χ1n) is 23.6. The summed E-state index contributed by atoms with van der Waals surface area (Å²) in [5.41, 5.74) is 24.6. The minimum atomic E-state index is -1.02. The number of aliphatic carboxylic acids is 1. The molecule has 0 spiro atoms. The molecule has 2 aliphatic heterocycles. The molecule has 5 rings (SSSR count). The fraction of sp³-hybridized carbons (Fsp3) is 0.698. The first-order valence-corrected chi connectivity index (χ1v) is 23.6. The number of primary amides is 1. The van der Waals surface area contributed by atoms with Crippen molar-refractivity contribution in [3.63, 3.8) is 0 Å². The van der Waals surface area contributed by atoms with E-state index in [4.69, 9.17) is 58.5 Å². The SMILES string of the molecule is C#CCOCCOCCOCCNc1nc(N2CCN(C(=O)[C@H](CCC(=O)O)n3cc([C@@H](N)[C@H](C)CC)nn3)CC2)nc(N2CCN(C(=O)[C@H](CCCCN)n3cc([C@@H](N)CC(N)=O)nn3)CC2)n1. The number of nitrogens with two attached hydrogens (primary N) is 4. The summed E-state index contributed by atoms with van der Waals surface area (Å²) in [6.45, 7) is 9.96. The number of amides is 3. The van der Waals surface area contributed by atoms with Crippen molar-refractivity contribution >= 4 is 41.5 Å². The Morgan fingerprint density at radius 3 is 1.86 bits per heavy atom. The molecule has 2 fully saturated rings. The minimum Gasteiger partial charge on any atom is -0.481 e. The van der Waals surface area contributed by atoms with E-state index in [2.05, 4.69) is 31.9 Å². The zero-order chi connectivity index (χ0) is 49.7. The third-order valence-corrected chi connectivity index (χ3v) is 12.0. The largest absolute Gasteiger partial charge is 0.481 e. The average molecular weight is 967 g/mol. The second-order valence-electron chi connectivity index (χ2n) is 17.0. The van der Waals surface area contributed by atoms with Crippen LogP contribution in [0.15, 0.2) is 12.4 Å². The second kappa shape index (κ2) is 27.8. The lowest BCUT2D eigenvalue weighted by molar-refractivity contribution is -0.139. The Morgan fingerprint density at radius 1 is 0.783 bits per heavy atom. The van der Waals surface area contributed by atoms with Gasteiger partial charge >= 0.3 is 5.97 Å². The highest BCUT2D eigenvalue weighted by Gasteiger charge is 2.34. The van der Waals surface area contributed by atoms with Gasteiger partial charge in [0.05, 0.1) is 68.9 Å². The van der Waals surface area contributed by atoms with Gasteiger partial charge in [-0.25, -0.2) is 9.36 Å². The summed E-state index contributed by atoms with van der Waals surface area (Å²) < 4.78 is 19.4. The lowest BCUT2D eigenvalue weighted by atomic mass is 9.98. The Hall–Kier alpha value is -6.11. The van der Waals surface area contributed by atoms with Crippen LogP contribution in [0.2, 0.25) is 0 Å². The number of nitrogens with zero attached hydrogens (tertiary/aromatic N) is 13. The van der Waals surface area contributed by atoms with Gasteiger partial charge in [-0.15, -0.1) is 16.6 Å². The summed E-state index contributed by atoms with van der Waals surface area (Å²) in [5.74, 6) is 1.67. The van der Waals surface area contributed by atoms with Gasteiger partial charge in [0.2, 0.25) is 35.6 Å². The Balaban J connectivity index is 1.27. The second-order valence-corrected chi connectivity index (χ2v) is 17.0. The monoisotopic (exact) mass is 967 g/mol. The van der Waals surface area contributed by atoms with Gasteiger partial charge in [0.15, 0.2) is 0 Å². The maximum atomic E-state index is 14.1. The van der Waals surface area contributed by atoms with Crippen molar-refractivity contribution in [1.29, 1.82) is 0 Å². The number of aromatic nitrogens is 9. The number of carboxylic acid groups (broad SMARTS) is 1. The van der Waals surface area contributed by atoms with Gasteiger partial charge in [-0.1, -0.05) is 36.6 Å². The van der Waals surface area contributed by atoms with Crippen LogP contribution in [0.25, 0.3) is 0 Å². The van der Waals surface area contributed by atoms with Gasteiger partial charge in [-0.3, -0.25) is 19.2 Å². The highest BCUT2D eigenvalue weighted by molar-refractivity contribution is 5.82. The maximum Gasteiger partial charge on any atom is 0.303 e. The molecule has 5 heterocycles. The highest BCUT2D eigenvalue weighted by atomic mass is 16.5. The van der Waals surface area contributed by atoms with Crippen molar-refractivity contribution in [2.75, 3.05) is 120 Å². The Kier molecular flexibility index (Phi) is 21.7. The van der Waals surface area contributed by atoms with Crippen molar-refractivity contribution in [3.8, 4) is 12.3 Å². The van der Waals surface area contributed by atoms with E-state index >= 15 is 0 Å². The van der Waals surface area contributed by atoms with Crippen molar-refractivity contribution in [3.05, 3.63) is 23.8 Å². The van der Waals surface area contributed by atoms with Gasteiger partial charge in [-0.05, 0) is 38.1 Å². The number of hydrogen-bond acceptors (Lipinski definition) is 20. The van der Waals surface area contributed by atoms with Crippen LogP contribution in [0.5, 0.6) is 0 Å². The standard InChI is InChI=1S/C43H70N18O8/c1-4-21-67-23-25-69-26-24-68-22-12-48-41-49-42(58-17-13-56(14-18-58)39(65)34(8-6-7-11-44)60-28-32(52-54-60)31(45)27-36(46)62)51-43(50-41)59-19-15-57(16-20-59)40(66)35(9-10-37(63)64)61-29-33(53-55-61)38(47)30(3)5-2/h1,28-31,34-35,38H,5-27,44-45,47H2,2-3H3,(H2,46,62)(H,63,64)(H,48,49,50,51)/t30-,31+,34+,35+,38+/m1/s1. The maximum absolute atomic E-state index is 14.1. The van der Waals surface area contributed by atoms with Crippen LogP contribution in [0.4, 0.5) is 17.8 Å². The first kappa shape index (κ1) is 53.8. The quantitative estimate of drug-likeness (QED) is 0.0339. The normalized spacial score (nSPS) is 16.4. The molecule has 3 aromatic heterocycles. The van der Waals surface area contributed by atoms with E-state index in [0.29, 0.717) is 141 Å². The zero-order valence-corrected chi connectivity index (χ0v) is 39.8. The molecule has 0 unspecified atom stereocenters. The Bertz CT molecular complexity index is 2120. The molecule has 69 heavy (non-hydrogen) atoms. The van der Waals surface area contributed by atoms with E-state index in [9.17, 15) is 24.3 Å². The predicted molar refractivity (Wildman–Crippen MR) is 252 cm³/mol. The summed E-state index contributed by atoms with van der Waals surface area (Å²) in [4.78, 5) is 73.3. The topological polar surface area (TPSA) is 345 Å². The number of carboxylic acids is 1. The molecule has 5 atom stereocenters. The van der Waals surface area contributed by atoms with Crippen molar-refractivity contribution in [2.24, 2.45) is 28.9 Å². The summed E-state index contributed by atoms with van der Waals surface area (Å²) in [5, 5.41) is 29.6. The third kappa shape index (κ3) is 16.2. The number of terminal acetylenes is 1. The molecule has 0 aliphatic carbocycles. The van der Waals surface area contributed by atoms with E-state index in [1.165, 1.54) is 9.36 Å². The highest BCUT2D eigenvalue weighted by Crippen LogP contribution is 2.26. The molecule has 0 radical (unpaired) electrons. The molecule has 0 saturated carbocycles. The Labute approximate surface area is 402 Å². The van der Waals surface area contributed by atoms with Gasteiger partial charge in [0.25, 0.3) is 0 Å². The molecule has 2 saturated heterocycles. The fourth-order valence-corrected chi connectivity index (χ4v) is 7.75. The van der Waals surface area contributed by atoms with Gasteiger partial charge < -0.3 is 67.2 Å². The zero-order valence-electron chi connectivity index (χ0n) is 39.8. The van der Waals surface area contributed by atoms with E-state index in [1.807, 2.05) is 23.6 Å². The van der Waals surface area contributed by atoms with Crippen LogP contribution in [0.3, 0.4) is 0 Å². The number of anilines is 3. The van der Waals surface area contributed by atoms with Crippen LogP contribution >= 0.6 is 0 Å². The van der Waals surface area contributed by atoms with E-state index in [0.717, 1.165) is 12.8 Å². The van der Waals surface area contributed by atoms with Crippen LogP contribution in [0.1, 0.15) is 94.3 Å². The predicted octanol–water partition coefficient (Wildman–Crippen LogP) is -1.16. The van der Waals surface area contributed by atoms with E-state index < -0.39 is 30.0 Å². The molecular weight excluding hydrogens is 897 g/mol. The number of ether oxygens (including phenoxy) is 3. The number of piperazine rings is 2. The molecule has 0 bridgehead atoms. The number of unbranched alkanes of at least 4 members (excludes halogenated alkanes) is 1. The van der Waals surface area contributed by atoms with Crippen molar-refractivity contribution < 1.29 is 38.5 Å². The smallest absolute Gasteiger partial charge is 0.303 e. The molecule has 0 aromatic carbocycles. The lowest BCUT2D eigenvalue weighted by Gasteiger charge is -2.38. The van der Waals surface area contributed by atoms with Crippen molar-refractivity contribution in [1.82, 2.24) is 54.7 Å². The van der Waals surface area contributed by atoms with Gasteiger partial charge in [-0.2, -0.15) is 15.0 Å². The van der Waals surface area contributed by atoms with Crippen molar-refractivity contribution in [2.45, 2.75) is 83.0 Å². The fourth-order valence-electron chi connectivity index (χ4n) is 7.75. The minimum absolute atomic E-state index is 0.0305. The first-order chi connectivity index (χ1) is 33.3. The van der Waals surface area contributed by atoms with Crippen LogP contribution in [-0.4, -0.2) is 189 Å². The molecule has 26 nitrogen and oxygen atoms in total. The molecule has 3 aromatic rings. The number of nitrogens with one attached hydrogen (secondary N) is 1. The van der Waals surface area contributed by atoms with Gasteiger partial charge in [0.1, 0.15) is 18.7 Å².